The highest BCUT2D eigenvalue weighted by molar-refractivity contribution is 5.95. The van der Waals surface area contributed by atoms with Gasteiger partial charge in [-0.3, -0.25) is 5.43 Å². The SMILES string of the molecule is CCOc1cc(/C=N\N[C@H](O)COc2ccc([C@H]3NC(=O)NC(C)=C3C(=O)OC)cc2OCC)ccc1OCc1ccccc1. The monoisotopic (exact) mass is 618 g/mol. The number of carbonyl (C=O) groups is 2. The van der Waals surface area contributed by atoms with Gasteiger partial charge in [0, 0.05) is 5.70 Å². The van der Waals surface area contributed by atoms with Crippen LogP contribution in [0.3, 0.4) is 0 Å². The van der Waals surface area contributed by atoms with Crippen molar-refractivity contribution in [2.75, 3.05) is 26.9 Å². The fourth-order valence-corrected chi connectivity index (χ4v) is 4.55. The number of esters is 1. The summed E-state index contributed by atoms with van der Waals surface area (Å²) in [6, 6.07) is 19.1. The van der Waals surface area contributed by atoms with Crippen LogP contribution in [0.1, 0.15) is 43.5 Å². The summed E-state index contributed by atoms with van der Waals surface area (Å²) in [6.45, 7) is 6.41. The van der Waals surface area contributed by atoms with E-state index in [0.29, 0.717) is 54.1 Å². The van der Waals surface area contributed by atoms with Gasteiger partial charge in [0.2, 0.25) is 0 Å². The summed E-state index contributed by atoms with van der Waals surface area (Å²) >= 11 is 0. The molecule has 0 bridgehead atoms. The van der Waals surface area contributed by atoms with Crippen LogP contribution in [0.5, 0.6) is 23.0 Å². The number of benzene rings is 3. The molecule has 0 saturated heterocycles. The number of carbonyl (C=O) groups excluding carboxylic acids is 2. The molecule has 1 aliphatic heterocycles. The lowest BCUT2D eigenvalue weighted by molar-refractivity contribution is -0.136. The third-order valence-corrected chi connectivity index (χ3v) is 6.61. The number of aliphatic hydroxyl groups is 1. The van der Waals surface area contributed by atoms with Crippen molar-refractivity contribution in [1.29, 1.82) is 0 Å². The summed E-state index contributed by atoms with van der Waals surface area (Å²) in [5, 5.41) is 19.9. The Balaban J connectivity index is 1.37. The largest absolute Gasteiger partial charge is 0.490 e. The molecule has 1 aliphatic rings. The second-order valence-corrected chi connectivity index (χ2v) is 9.83. The van der Waals surface area contributed by atoms with Gasteiger partial charge in [-0.05, 0) is 67.8 Å². The third kappa shape index (κ3) is 8.89. The number of aliphatic hydroxyl groups excluding tert-OH is 1. The van der Waals surface area contributed by atoms with E-state index in [1.807, 2.05) is 56.3 Å². The van der Waals surface area contributed by atoms with E-state index in [1.165, 1.54) is 7.11 Å². The molecule has 2 amide bonds. The van der Waals surface area contributed by atoms with Crippen LogP contribution in [0.15, 0.2) is 83.1 Å². The van der Waals surface area contributed by atoms with Gasteiger partial charge in [-0.1, -0.05) is 36.4 Å². The summed E-state index contributed by atoms with van der Waals surface area (Å²) in [6.07, 6.45) is 0.407. The van der Waals surface area contributed by atoms with Gasteiger partial charge in [-0.25, -0.2) is 9.59 Å². The number of amides is 2. The number of methoxy groups -OCH3 is 1. The van der Waals surface area contributed by atoms with Crippen LogP contribution in [-0.2, 0) is 16.1 Å². The topological polar surface area (TPSA) is 149 Å². The van der Waals surface area contributed by atoms with Crippen molar-refractivity contribution in [2.24, 2.45) is 5.10 Å². The molecule has 0 radical (unpaired) electrons. The maximum Gasteiger partial charge on any atom is 0.337 e. The van der Waals surface area contributed by atoms with Crippen LogP contribution in [0.2, 0.25) is 0 Å². The van der Waals surface area contributed by atoms with Crippen LogP contribution in [0.4, 0.5) is 4.79 Å². The number of ether oxygens (including phenoxy) is 5. The number of hydrogen-bond acceptors (Lipinski definition) is 10. The number of allylic oxidation sites excluding steroid dienone is 1. The Morgan fingerprint density at radius 3 is 2.36 bits per heavy atom. The minimum Gasteiger partial charge on any atom is -0.490 e. The van der Waals surface area contributed by atoms with Gasteiger partial charge >= 0.3 is 12.0 Å². The van der Waals surface area contributed by atoms with E-state index in [2.05, 4.69) is 21.2 Å². The Bertz CT molecular complexity index is 1530. The zero-order valence-electron chi connectivity index (χ0n) is 25.7. The minimum atomic E-state index is -1.14. The number of urea groups is 1. The molecule has 0 aromatic heterocycles. The maximum absolute atomic E-state index is 12.5. The number of nitrogens with zero attached hydrogens (tertiary/aromatic N) is 1. The summed E-state index contributed by atoms with van der Waals surface area (Å²) in [7, 11) is 1.28. The molecule has 4 rings (SSSR count). The molecule has 0 aliphatic carbocycles. The molecule has 0 spiro atoms. The summed E-state index contributed by atoms with van der Waals surface area (Å²) in [5.41, 5.74) is 5.68. The quantitative estimate of drug-likeness (QED) is 0.0852. The van der Waals surface area contributed by atoms with Crippen molar-refractivity contribution in [3.05, 3.63) is 94.7 Å². The maximum atomic E-state index is 12.5. The lowest BCUT2D eigenvalue weighted by atomic mass is 9.95. The van der Waals surface area contributed by atoms with Crippen LogP contribution in [0, 0.1) is 0 Å². The molecule has 4 N–H and O–H groups in total. The summed E-state index contributed by atoms with van der Waals surface area (Å²) < 4.78 is 28.2. The predicted octanol–water partition coefficient (Wildman–Crippen LogP) is 4.18. The molecule has 0 unspecified atom stereocenters. The third-order valence-electron chi connectivity index (χ3n) is 6.61. The van der Waals surface area contributed by atoms with Crippen LogP contribution >= 0.6 is 0 Å². The van der Waals surface area contributed by atoms with Crippen LogP contribution in [0.25, 0.3) is 0 Å². The van der Waals surface area contributed by atoms with Crippen molar-refractivity contribution in [3.63, 3.8) is 0 Å². The second-order valence-electron chi connectivity index (χ2n) is 9.83. The minimum absolute atomic E-state index is 0.149. The standard InChI is InChI=1S/C33H38N4O8/c1-5-42-27-16-23(12-14-25(27)44-19-22-10-8-7-9-11-22)18-34-37-29(38)20-45-26-15-13-24(17-28(26)43-6-2)31-30(32(39)41-4)21(3)35-33(40)36-31/h7-18,29,31,37-38H,5-6,19-20H2,1-4H3,(H2,35,36,40)/b34-18-/t29-,31-/m1/s1. The first-order chi connectivity index (χ1) is 21.8. The van der Waals surface area contributed by atoms with E-state index in [0.717, 1.165) is 11.1 Å². The number of hydrogen-bond donors (Lipinski definition) is 4. The molecular weight excluding hydrogens is 580 g/mol. The average Bonchev–Trinajstić information content (AvgIpc) is 3.04. The van der Waals surface area contributed by atoms with Crippen LogP contribution in [-0.4, -0.2) is 56.5 Å². The highest BCUT2D eigenvalue weighted by Crippen LogP contribution is 2.35. The van der Waals surface area contributed by atoms with Gasteiger partial charge in [0.15, 0.2) is 29.2 Å². The molecule has 12 heteroatoms. The normalized spacial score (nSPS) is 15.1. The average molecular weight is 619 g/mol. The first kappa shape index (κ1) is 32.7. The molecule has 45 heavy (non-hydrogen) atoms. The fraction of sp³-hybridized carbons (Fsp3) is 0.303. The van der Waals surface area contributed by atoms with E-state index >= 15 is 0 Å². The fourth-order valence-electron chi connectivity index (χ4n) is 4.55. The second kappa shape index (κ2) is 16.0. The first-order valence-electron chi connectivity index (χ1n) is 14.5. The smallest absolute Gasteiger partial charge is 0.337 e. The van der Waals surface area contributed by atoms with E-state index in [1.54, 1.807) is 37.4 Å². The number of nitrogens with one attached hydrogen (secondary N) is 3. The van der Waals surface area contributed by atoms with E-state index in [9.17, 15) is 14.7 Å². The van der Waals surface area contributed by atoms with Crippen molar-refractivity contribution in [2.45, 2.75) is 39.6 Å². The number of rotatable bonds is 15. The highest BCUT2D eigenvalue weighted by atomic mass is 16.5. The van der Waals surface area contributed by atoms with Gasteiger partial charge in [-0.15, -0.1) is 0 Å². The Hall–Kier alpha value is -5.23. The van der Waals surface area contributed by atoms with Gasteiger partial charge in [0.25, 0.3) is 0 Å². The molecule has 0 fully saturated rings. The lowest BCUT2D eigenvalue weighted by Gasteiger charge is -2.28. The molecule has 3 aromatic carbocycles. The van der Waals surface area contributed by atoms with Gasteiger partial charge in [0.05, 0.1) is 38.2 Å². The van der Waals surface area contributed by atoms with Crippen LogP contribution < -0.4 is 35.0 Å². The van der Waals surface area contributed by atoms with E-state index in [4.69, 9.17) is 23.7 Å². The number of hydrazone groups is 1. The molecule has 238 valence electrons. The Kier molecular flexibility index (Phi) is 11.6. The van der Waals surface area contributed by atoms with E-state index in [-0.39, 0.29) is 12.2 Å². The Labute approximate surface area is 262 Å². The molecule has 2 atom stereocenters. The molecule has 0 saturated carbocycles. The van der Waals surface area contributed by atoms with Crippen molar-refractivity contribution < 1.29 is 38.4 Å². The molecule has 1 heterocycles. The van der Waals surface area contributed by atoms with E-state index < -0.39 is 24.3 Å². The first-order valence-corrected chi connectivity index (χ1v) is 14.5. The van der Waals surface area contributed by atoms with Crippen molar-refractivity contribution >= 4 is 18.2 Å². The summed E-state index contributed by atoms with van der Waals surface area (Å²) in [5.74, 6) is 1.36. The predicted molar refractivity (Wildman–Crippen MR) is 167 cm³/mol. The highest BCUT2D eigenvalue weighted by Gasteiger charge is 2.32. The van der Waals surface area contributed by atoms with Gasteiger partial charge in [0.1, 0.15) is 13.2 Å². The van der Waals surface area contributed by atoms with Crippen molar-refractivity contribution in [3.8, 4) is 23.0 Å². The van der Waals surface area contributed by atoms with Gasteiger partial charge < -0.3 is 39.4 Å². The lowest BCUT2D eigenvalue weighted by Crippen LogP contribution is -2.45. The zero-order valence-corrected chi connectivity index (χ0v) is 25.7. The van der Waals surface area contributed by atoms with Gasteiger partial charge in [-0.2, -0.15) is 5.10 Å². The van der Waals surface area contributed by atoms with Crippen molar-refractivity contribution in [1.82, 2.24) is 16.1 Å². The zero-order chi connectivity index (χ0) is 32.2. The summed E-state index contributed by atoms with van der Waals surface area (Å²) in [4.78, 5) is 24.6. The molecule has 3 aromatic rings. The Morgan fingerprint density at radius 1 is 0.956 bits per heavy atom. The Morgan fingerprint density at radius 2 is 1.64 bits per heavy atom. The molecular formula is C33H38N4O8. The molecule has 12 nitrogen and oxygen atoms in total.